The zero-order valence-corrected chi connectivity index (χ0v) is 14.0. The fourth-order valence-corrected chi connectivity index (χ4v) is 3.07. The van der Waals surface area contributed by atoms with Crippen LogP contribution >= 0.6 is 0 Å². The van der Waals surface area contributed by atoms with Crippen LogP contribution in [0.5, 0.6) is 0 Å². The highest BCUT2D eigenvalue weighted by Gasteiger charge is 2.06. The van der Waals surface area contributed by atoms with Gasteiger partial charge in [-0.25, -0.2) is 9.67 Å². The molecule has 3 rings (SSSR count). The van der Waals surface area contributed by atoms with Crippen molar-refractivity contribution in [1.29, 1.82) is 0 Å². The number of aryl methyl sites for hydroxylation is 1. The summed E-state index contributed by atoms with van der Waals surface area (Å²) in [4.78, 5) is 9.87. The van der Waals surface area contributed by atoms with Gasteiger partial charge in [-0.3, -0.25) is 0 Å². The minimum Gasteiger partial charge on any atom is -0.361 e. The number of hydrogen-bond acceptors (Lipinski definition) is 3. The van der Waals surface area contributed by atoms with Crippen molar-refractivity contribution in [1.82, 2.24) is 24.6 Å². The van der Waals surface area contributed by atoms with Crippen LogP contribution in [0.4, 0.5) is 0 Å². The van der Waals surface area contributed by atoms with E-state index in [0.717, 1.165) is 26.1 Å². The van der Waals surface area contributed by atoms with Crippen LogP contribution in [0.25, 0.3) is 10.9 Å². The fourth-order valence-electron chi connectivity index (χ4n) is 3.07. The number of aromatic amines is 1. The molecule has 0 aliphatic rings. The van der Waals surface area contributed by atoms with E-state index in [1.165, 1.54) is 35.0 Å². The molecule has 0 radical (unpaired) electrons. The first-order chi connectivity index (χ1) is 11.3. The first kappa shape index (κ1) is 15.7. The second kappa shape index (κ2) is 7.42. The smallest absolute Gasteiger partial charge is 0.137 e. The average Bonchev–Trinajstić information content (AvgIpc) is 3.22. The third-order valence-electron chi connectivity index (χ3n) is 4.46. The van der Waals surface area contributed by atoms with Gasteiger partial charge in [0, 0.05) is 17.1 Å². The molecular weight excluding hydrogens is 286 g/mol. The van der Waals surface area contributed by atoms with Gasteiger partial charge in [0.2, 0.25) is 0 Å². The van der Waals surface area contributed by atoms with E-state index in [9.17, 15) is 0 Å². The number of nitrogens with zero attached hydrogens (tertiary/aromatic N) is 4. The molecule has 122 valence electrons. The minimum atomic E-state index is 0.764. The van der Waals surface area contributed by atoms with Crippen LogP contribution in [0.3, 0.4) is 0 Å². The molecule has 0 amide bonds. The highest BCUT2D eigenvalue weighted by atomic mass is 15.3. The van der Waals surface area contributed by atoms with E-state index in [0.29, 0.717) is 0 Å². The Morgan fingerprint density at radius 1 is 1.22 bits per heavy atom. The summed E-state index contributed by atoms with van der Waals surface area (Å²) in [6, 6.07) is 6.59. The number of rotatable bonds is 8. The van der Waals surface area contributed by atoms with Crippen molar-refractivity contribution >= 4 is 10.9 Å². The molecule has 2 heterocycles. The van der Waals surface area contributed by atoms with Gasteiger partial charge in [0.1, 0.15) is 12.7 Å². The Kier molecular flexibility index (Phi) is 5.08. The zero-order valence-electron chi connectivity index (χ0n) is 14.0. The molecule has 1 N–H and O–H groups in total. The molecule has 0 aliphatic carbocycles. The largest absolute Gasteiger partial charge is 0.361 e. The average molecular weight is 311 g/mol. The zero-order chi connectivity index (χ0) is 16.1. The standard InChI is InChI=1S/C18H25N5/c1-3-22(4-2)9-5-6-16-11-20-18-8-7-15(10-17(16)18)12-23-14-19-13-21-23/h7-8,10-11,13-14,20H,3-6,9,12H2,1-2H3. The summed E-state index contributed by atoms with van der Waals surface area (Å²) < 4.78 is 1.86. The highest BCUT2D eigenvalue weighted by Crippen LogP contribution is 2.21. The lowest BCUT2D eigenvalue weighted by Gasteiger charge is -2.17. The van der Waals surface area contributed by atoms with E-state index in [1.54, 1.807) is 12.7 Å². The van der Waals surface area contributed by atoms with Crippen molar-refractivity contribution in [3.63, 3.8) is 0 Å². The summed E-state index contributed by atoms with van der Waals surface area (Å²) in [7, 11) is 0. The predicted octanol–water partition coefficient (Wildman–Crippen LogP) is 3.08. The first-order valence-electron chi connectivity index (χ1n) is 8.43. The summed E-state index contributed by atoms with van der Waals surface area (Å²) in [6.45, 7) is 8.65. The number of hydrogen-bond donors (Lipinski definition) is 1. The van der Waals surface area contributed by atoms with Crippen LogP contribution in [0, 0.1) is 0 Å². The summed E-state index contributed by atoms with van der Waals surface area (Å²) in [6.07, 6.45) is 7.80. The summed E-state index contributed by atoms with van der Waals surface area (Å²) >= 11 is 0. The number of H-pyrrole nitrogens is 1. The van der Waals surface area contributed by atoms with E-state index >= 15 is 0 Å². The van der Waals surface area contributed by atoms with Crippen LogP contribution in [-0.2, 0) is 13.0 Å². The van der Waals surface area contributed by atoms with E-state index in [2.05, 4.69) is 58.2 Å². The van der Waals surface area contributed by atoms with Gasteiger partial charge in [-0.1, -0.05) is 19.9 Å². The molecule has 0 aliphatic heterocycles. The van der Waals surface area contributed by atoms with E-state index in [-0.39, 0.29) is 0 Å². The number of aromatic nitrogens is 4. The number of nitrogens with one attached hydrogen (secondary N) is 1. The molecule has 5 heteroatoms. The highest BCUT2D eigenvalue weighted by molar-refractivity contribution is 5.83. The molecule has 1 aromatic carbocycles. The van der Waals surface area contributed by atoms with E-state index in [4.69, 9.17) is 0 Å². The van der Waals surface area contributed by atoms with Gasteiger partial charge in [0.15, 0.2) is 0 Å². The molecule has 0 bridgehead atoms. The Morgan fingerprint density at radius 3 is 2.83 bits per heavy atom. The molecule has 23 heavy (non-hydrogen) atoms. The SMILES string of the molecule is CCN(CC)CCCc1c[nH]c2ccc(Cn3cncn3)cc12. The Hall–Kier alpha value is -2.14. The minimum absolute atomic E-state index is 0.764. The van der Waals surface area contributed by atoms with Gasteiger partial charge in [0.05, 0.1) is 6.54 Å². The maximum absolute atomic E-state index is 4.18. The van der Waals surface area contributed by atoms with Gasteiger partial charge >= 0.3 is 0 Å². The lowest BCUT2D eigenvalue weighted by molar-refractivity contribution is 0.300. The monoisotopic (exact) mass is 311 g/mol. The number of benzene rings is 1. The lowest BCUT2D eigenvalue weighted by Crippen LogP contribution is -2.24. The van der Waals surface area contributed by atoms with Crippen LogP contribution in [0.1, 0.15) is 31.4 Å². The Balaban J connectivity index is 1.70. The molecule has 2 aromatic heterocycles. The van der Waals surface area contributed by atoms with Crippen molar-refractivity contribution < 1.29 is 0 Å². The van der Waals surface area contributed by atoms with Crippen molar-refractivity contribution in [2.45, 2.75) is 33.2 Å². The second-order valence-corrected chi connectivity index (χ2v) is 5.92. The van der Waals surface area contributed by atoms with Gasteiger partial charge in [0.25, 0.3) is 0 Å². The molecule has 0 spiro atoms. The van der Waals surface area contributed by atoms with Crippen LogP contribution in [0.2, 0.25) is 0 Å². The van der Waals surface area contributed by atoms with Crippen molar-refractivity contribution in [3.8, 4) is 0 Å². The van der Waals surface area contributed by atoms with Crippen LogP contribution < -0.4 is 0 Å². The third kappa shape index (κ3) is 3.79. The summed E-state index contributed by atoms with van der Waals surface area (Å²) in [5.41, 5.74) is 3.88. The first-order valence-corrected chi connectivity index (χ1v) is 8.43. The van der Waals surface area contributed by atoms with Gasteiger partial charge in [-0.15, -0.1) is 0 Å². The molecular formula is C18H25N5. The maximum atomic E-state index is 4.18. The molecule has 0 saturated carbocycles. The fraction of sp³-hybridized carbons (Fsp3) is 0.444. The second-order valence-electron chi connectivity index (χ2n) is 5.92. The molecule has 0 unspecified atom stereocenters. The van der Waals surface area contributed by atoms with Crippen LogP contribution in [0.15, 0.2) is 37.1 Å². The normalized spacial score (nSPS) is 11.6. The predicted molar refractivity (Wildman–Crippen MR) is 93.5 cm³/mol. The Bertz CT molecular complexity index is 725. The van der Waals surface area contributed by atoms with E-state index < -0.39 is 0 Å². The maximum Gasteiger partial charge on any atom is 0.137 e. The molecule has 3 aromatic rings. The third-order valence-corrected chi connectivity index (χ3v) is 4.46. The Morgan fingerprint density at radius 2 is 2.09 bits per heavy atom. The van der Waals surface area contributed by atoms with Gasteiger partial charge < -0.3 is 9.88 Å². The molecule has 0 atom stereocenters. The van der Waals surface area contributed by atoms with Crippen molar-refractivity contribution in [3.05, 3.63) is 48.2 Å². The molecule has 5 nitrogen and oxygen atoms in total. The van der Waals surface area contributed by atoms with Gasteiger partial charge in [-0.05, 0) is 55.7 Å². The summed E-state index contributed by atoms with van der Waals surface area (Å²) in [5.74, 6) is 0. The lowest BCUT2D eigenvalue weighted by atomic mass is 10.1. The Labute approximate surface area is 137 Å². The van der Waals surface area contributed by atoms with Crippen molar-refractivity contribution in [2.75, 3.05) is 19.6 Å². The molecule has 0 fully saturated rings. The molecule has 0 saturated heterocycles. The topological polar surface area (TPSA) is 49.7 Å². The van der Waals surface area contributed by atoms with Gasteiger partial charge in [-0.2, -0.15) is 5.10 Å². The number of fused-ring (bicyclic) bond motifs is 1. The summed E-state index contributed by atoms with van der Waals surface area (Å²) in [5, 5.41) is 5.52. The quantitative estimate of drug-likeness (QED) is 0.695. The van der Waals surface area contributed by atoms with Crippen LogP contribution in [-0.4, -0.2) is 44.3 Å². The van der Waals surface area contributed by atoms with E-state index in [1.807, 2.05) is 4.68 Å². The van der Waals surface area contributed by atoms with Crippen molar-refractivity contribution in [2.24, 2.45) is 0 Å².